The Balaban J connectivity index is 2.11. The van der Waals surface area contributed by atoms with Gasteiger partial charge in [0.2, 0.25) is 0 Å². The Labute approximate surface area is 123 Å². The lowest BCUT2D eigenvalue weighted by atomic mass is 10.1. The Morgan fingerprint density at radius 3 is 2.29 bits per heavy atom. The molecule has 3 N–H and O–H groups in total. The number of hydrogen-bond donors (Lipinski definition) is 3. The van der Waals surface area contributed by atoms with Gasteiger partial charge >= 0.3 is 6.18 Å². The zero-order valence-electron chi connectivity index (χ0n) is 10.6. The van der Waals surface area contributed by atoms with Crippen molar-refractivity contribution in [3.05, 3.63) is 52.5 Å². The van der Waals surface area contributed by atoms with Gasteiger partial charge in [-0.15, -0.1) is 0 Å². The molecule has 0 fully saturated rings. The summed E-state index contributed by atoms with van der Waals surface area (Å²) in [7, 11) is 0. The summed E-state index contributed by atoms with van der Waals surface area (Å²) in [4.78, 5) is 0. The molecule has 0 aliphatic heterocycles. The molecule has 21 heavy (non-hydrogen) atoms. The van der Waals surface area contributed by atoms with Crippen LogP contribution in [0.25, 0.3) is 0 Å². The number of phenolic OH excluding ortho intramolecular Hbond substituents is 2. The van der Waals surface area contributed by atoms with Gasteiger partial charge in [0.15, 0.2) is 11.5 Å². The van der Waals surface area contributed by atoms with Crippen molar-refractivity contribution in [1.29, 1.82) is 0 Å². The normalized spacial score (nSPS) is 11.4. The van der Waals surface area contributed by atoms with Crippen molar-refractivity contribution in [2.24, 2.45) is 0 Å². The zero-order chi connectivity index (χ0) is 15.6. The molecule has 0 aliphatic carbocycles. The predicted molar refractivity (Wildman–Crippen MR) is 73.6 cm³/mol. The van der Waals surface area contributed by atoms with Crippen molar-refractivity contribution in [2.75, 3.05) is 5.32 Å². The van der Waals surface area contributed by atoms with E-state index in [2.05, 4.69) is 5.32 Å². The number of benzene rings is 2. The zero-order valence-corrected chi connectivity index (χ0v) is 11.3. The first-order chi connectivity index (χ1) is 9.77. The van der Waals surface area contributed by atoms with Gasteiger partial charge < -0.3 is 15.5 Å². The lowest BCUT2D eigenvalue weighted by molar-refractivity contribution is -0.137. The second kappa shape index (κ2) is 5.73. The molecule has 2 aromatic carbocycles. The maximum absolute atomic E-state index is 12.5. The molecule has 0 bridgehead atoms. The number of hydrogen-bond acceptors (Lipinski definition) is 3. The SMILES string of the molecule is Oc1ccc(CNc2ccc(C(F)(F)F)cc2Cl)cc1O. The Morgan fingerprint density at radius 1 is 1.00 bits per heavy atom. The molecule has 0 radical (unpaired) electrons. The highest BCUT2D eigenvalue weighted by molar-refractivity contribution is 6.33. The van der Waals surface area contributed by atoms with Gasteiger partial charge in [-0.1, -0.05) is 17.7 Å². The summed E-state index contributed by atoms with van der Waals surface area (Å²) in [6, 6.07) is 7.26. The van der Waals surface area contributed by atoms with E-state index < -0.39 is 11.7 Å². The molecule has 0 amide bonds. The fraction of sp³-hybridized carbons (Fsp3) is 0.143. The van der Waals surface area contributed by atoms with Crippen LogP contribution in [0, 0.1) is 0 Å². The lowest BCUT2D eigenvalue weighted by Gasteiger charge is -2.12. The maximum atomic E-state index is 12.5. The van der Waals surface area contributed by atoms with Crippen LogP contribution in [0.15, 0.2) is 36.4 Å². The summed E-state index contributed by atoms with van der Waals surface area (Å²) in [6.45, 7) is 0.235. The standard InChI is InChI=1S/C14H11ClF3NO2/c15-10-6-9(14(16,17)18)2-3-11(10)19-7-8-1-4-12(20)13(21)5-8/h1-6,19-21H,7H2. The van der Waals surface area contributed by atoms with Crippen LogP contribution in [0.4, 0.5) is 18.9 Å². The van der Waals surface area contributed by atoms with Crippen LogP contribution in [0.3, 0.4) is 0 Å². The van der Waals surface area contributed by atoms with Gasteiger partial charge in [0.05, 0.1) is 16.3 Å². The number of phenols is 2. The van der Waals surface area contributed by atoms with E-state index in [1.54, 1.807) is 6.07 Å². The third kappa shape index (κ3) is 3.72. The highest BCUT2D eigenvalue weighted by Gasteiger charge is 2.30. The van der Waals surface area contributed by atoms with E-state index in [-0.39, 0.29) is 23.1 Å². The Bertz CT molecular complexity index is 659. The second-order valence-electron chi connectivity index (χ2n) is 4.37. The van der Waals surface area contributed by atoms with Crippen molar-refractivity contribution in [3.63, 3.8) is 0 Å². The van der Waals surface area contributed by atoms with E-state index in [1.165, 1.54) is 18.2 Å². The first kappa shape index (κ1) is 15.3. The van der Waals surface area contributed by atoms with E-state index >= 15 is 0 Å². The number of nitrogens with one attached hydrogen (secondary N) is 1. The first-order valence-electron chi connectivity index (χ1n) is 5.89. The van der Waals surface area contributed by atoms with Crippen molar-refractivity contribution < 1.29 is 23.4 Å². The fourth-order valence-electron chi connectivity index (χ4n) is 1.71. The number of rotatable bonds is 3. The molecule has 0 spiro atoms. The third-order valence-electron chi connectivity index (χ3n) is 2.82. The molecule has 112 valence electrons. The van der Waals surface area contributed by atoms with Gasteiger partial charge in [-0.3, -0.25) is 0 Å². The van der Waals surface area contributed by atoms with Crippen LogP contribution < -0.4 is 5.32 Å². The number of anilines is 1. The molecule has 0 unspecified atom stereocenters. The van der Waals surface area contributed by atoms with Gasteiger partial charge in [-0.25, -0.2) is 0 Å². The highest BCUT2D eigenvalue weighted by atomic mass is 35.5. The minimum absolute atomic E-state index is 0.0483. The van der Waals surface area contributed by atoms with Gasteiger partial charge in [0.1, 0.15) is 0 Å². The molecule has 2 aromatic rings. The Kier molecular flexibility index (Phi) is 4.18. The summed E-state index contributed by atoms with van der Waals surface area (Å²) < 4.78 is 37.5. The molecule has 0 atom stereocenters. The summed E-state index contributed by atoms with van der Waals surface area (Å²) in [5, 5.41) is 21.3. The fourth-order valence-corrected chi connectivity index (χ4v) is 1.96. The van der Waals surface area contributed by atoms with Gasteiger partial charge in [-0.2, -0.15) is 13.2 Å². The third-order valence-corrected chi connectivity index (χ3v) is 3.13. The summed E-state index contributed by atoms with van der Waals surface area (Å²) >= 11 is 5.81. The van der Waals surface area contributed by atoms with E-state index in [0.29, 0.717) is 11.3 Å². The molecule has 0 saturated carbocycles. The largest absolute Gasteiger partial charge is 0.504 e. The van der Waals surface area contributed by atoms with Gasteiger partial charge in [0, 0.05) is 6.54 Å². The summed E-state index contributed by atoms with van der Waals surface area (Å²) in [6.07, 6.45) is -4.44. The molecule has 0 heterocycles. The predicted octanol–water partition coefficient (Wildman–Crippen LogP) is 4.38. The van der Waals surface area contributed by atoms with E-state index in [9.17, 15) is 23.4 Å². The van der Waals surface area contributed by atoms with Crippen LogP contribution in [0.5, 0.6) is 11.5 Å². The highest BCUT2D eigenvalue weighted by Crippen LogP contribution is 2.34. The molecular formula is C14H11ClF3NO2. The average molecular weight is 318 g/mol. The molecule has 0 saturated heterocycles. The molecule has 0 aliphatic rings. The monoisotopic (exact) mass is 317 g/mol. The number of alkyl halides is 3. The maximum Gasteiger partial charge on any atom is 0.416 e. The summed E-state index contributed by atoms with van der Waals surface area (Å²) in [5.41, 5.74) is 0.166. The van der Waals surface area contributed by atoms with Crippen molar-refractivity contribution in [2.45, 2.75) is 12.7 Å². The van der Waals surface area contributed by atoms with E-state index in [4.69, 9.17) is 11.6 Å². The van der Waals surface area contributed by atoms with Crippen LogP contribution in [0.1, 0.15) is 11.1 Å². The average Bonchev–Trinajstić information content (AvgIpc) is 2.40. The molecule has 3 nitrogen and oxygen atoms in total. The van der Waals surface area contributed by atoms with Crippen LogP contribution >= 0.6 is 11.6 Å². The van der Waals surface area contributed by atoms with Crippen molar-refractivity contribution in [3.8, 4) is 11.5 Å². The van der Waals surface area contributed by atoms with Crippen LogP contribution in [0.2, 0.25) is 5.02 Å². The molecule has 2 rings (SSSR count). The van der Waals surface area contributed by atoms with Crippen LogP contribution in [-0.4, -0.2) is 10.2 Å². The lowest BCUT2D eigenvalue weighted by Crippen LogP contribution is -2.06. The topological polar surface area (TPSA) is 52.5 Å². The molecule has 7 heteroatoms. The van der Waals surface area contributed by atoms with Gasteiger partial charge in [-0.05, 0) is 35.9 Å². The second-order valence-corrected chi connectivity index (χ2v) is 4.78. The van der Waals surface area contributed by atoms with Crippen LogP contribution in [-0.2, 0) is 12.7 Å². The first-order valence-corrected chi connectivity index (χ1v) is 6.26. The minimum Gasteiger partial charge on any atom is -0.504 e. The smallest absolute Gasteiger partial charge is 0.416 e. The Morgan fingerprint density at radius 2 is 1.71 bits per heavy atom. The quantitative estimate of drug-likeness (QED) is 0.736. The van der Waals surface area contributed by atoms with E-state index in [1.807, 2.05) is 0 Å². The number of halogens is 4. The van der Waals surface area contributed by atoms with Crippen molar-refractivity contribution in [1.82, 2.24) is 0 Å². The molecular weight excluding hydrogens is 307 g/mol. The number of aromatic hydroxyl groups is 2. The summed E-state index contributed by atoms with van der Waals surface area (Å²) in [5.74, 6) is -0.515. The van der Waals surface area contributed by atoms with Gasteiger partial charge in [0.25, 0.3) is 0 Å². The van der Waals surface area contributed by atoms with E-state index in [0.717, 1.165) is 12.1 Å². The molecule has 0 aromatic heterocycles. The van der Waals surface area contributed by atoms with Crippen molar-refractivity contribution >= 4 is 17.3 Å². The minimum atomic E-state index is -4.44. The Hall–Kier alpha value is -2.08.